The topological polar surface area (TPSA) is 48.0 Å². The first kappa shape index (κ1) is 13.3. The van der Waals surface area contributed by atoms with Crippen LogP contribution in [-0.2, 0) is 6.54 Å². The molecule has 1 aromatic heterocycles. The second-order valence-corrected chi connectivity index (χ2v) is 4.58. The van der Waals surface area contributed by atoms with Crippen LogP contribution in [0.3, 0.4) is 0 Å². The van der Waals surface area contributed by atoms with E-state index < -0.39 is 5.82 Å². The Morgan fingerprint density at radius 1 is 1.37 bits per heavy atom. The standard InChI is InChI=1S/C15H17FN2O/c1-3-7-18-10(2)8-13(17)14(18)15(19)11-5-4-6-12(16)9-11/h4-6,8-9H,3,7,17H2,1-2H3. The van der Waals surface area contributed by atoms with Gasteiger partial charge < -0.3 is 10.3 Å². The molecule has 0 atom stereocenters. The Morgan fingerprint density at radius 2 is 2.11 bits per heavy atom. The third-order valence-corrected chi connectivity index (χ3v) is 3.08. The van der Waals surface area contributed by atoms with Gasteiger partial charge >= 0.3 is 0 Å². The van der Waals surface area contributed by atoms with Crippen molar-refractivity contribution in [3.05, 3.63) is 53.1 Å². The van der Waals surface area contributed by atoms with E-state index in [1.165, 1.54) is 18.2 Å². The van der Waals surface area contributed by atoms with Gasteiger partial charge in [0.2, 0.25) is 5.78 Å². The molecule has 3 nitrogen and oxygen atoms in total. The largest absolute Gasteiger partial charge is 0.397 e. The molecule has 2 rings (SSSR count). The third kappa shape index (κ3) is 2.52. The summed E-state index contributed by atoms with van der Waals surface area (Å²) in [4.78, 5) is 12.5. The fourth-order valence-corrected chi connectivity index (χ4v) is 2.24. The highest BCUT2D eigenvalue weighted by Gasteiger charge is 2.19. The predicted octanol–water partition coefficient (Wildman–Crippen LogP) is 3.16. The maximum Gasteiger partial charge on any atom is 0.211 e. The predicted molar refractivity (Wildman–Crippen MR) is 73.7 cm³/mol. The van der Waals surface area contributed by atoms with Crippen LogP contribution in [0.1, 0.15) is 35.1 Å². The third-order valence-electron chi connectivity index (χ3n) is 3.08. The van der Waals surface area contributed by atoms with Gasteiger partial charge in [0.15, 0.2) is 0 Å². The van der Waals surface area contributed by atoms with Crippen LogP contribution >= 0.6 is 0 Å². The van der Waals surface area contributed by atoms with Crippen molar-refractivity contribution < 1.29 is 9.18 Å². The Bertz CT molecular complexity index is 617. The van der Waals surface area contributed by atoms with Crippen molar-refractivity contribution in [3.8, 4) is 0 Å². The van der Waals surface area contributed by atoms with Gasteiger partial charge in [0.05, 0.1) is 5.69 Å². The summed E-state index contributed by atoms with van der Waals surface area (Å²) in [6.07, 6.45) is 0.901. The van der Waals surface area contributed by atoms with Crippen molar-refractivity contribution in [1.82, 2.24) is 4.57 Å². The minimum atomic E-state index is -0.422. The summed E-state index contributed by atoms with van der Waals surface area (Å²) in [5.41, 5.74) is 8.07. The first-order valence-electron chi connectivity index (χ1n) is 6.30. The molecular formula is C15H17FN2O. The Hall–Kier alpha value is -2.10. The molecule has 1 heterocycles. The number of nitrogens with two attached hydrogens (primary N) is 1. The van der Waals surface area contributed by atoms with Crippen molar-refractivity contribution >= 4 is 11.5 Å². The van der Waals surface area contributed by atoms with E-state index in [-0.39, 0.29) is 5.78 Å². The summed E-state index contributed by atoms with van der Waals surface area (Å²) < 4.78 is 15.1. The Balaban J connectivity index is 2.49. The summed E-state index contributed by atoms with van der Waals surface area (Å²) in [5, 5.41) is 0. The average molecular weight is 260 g/mol. The number of hydrogen-bond donors (Lipinski definition) is 1. The van der Waals surface area contributed by atoms with E-state index in [1.54, 1.807) is 12.1 Å². The molecule has 0 aliphatic rings. The van der Waals surface area contributed by atoms with Crippen LogP contribution in [0.2, 0.25) is 0 Å². The Morgan fingerprint density at radius 3 is 2.74 bits per heavy atom. The number of benzene rings is 1. The summed E-state index contributed by atoms with van der Waals surface area (Å²) >= 11 is 0. The van der Waals surface area contributed by atoms with E-state index in [9.17, 15) is 9.18 Å². The molecular weight excluding hydrogens is 243 g/mol. The van der Waals surface area contributed by atoms with Crippen molar-refractivity contribution in [3.63, 3.8) is 0 Å². The van der Waals surface area contributed by atoms with Crippen molar-refractivity contribution in [2.75, 3.05) is 5.73 Å². The molecule has 4 heteroatoms. The number of nitrogens with zero attached hydrogens (tertiary/aromatic N) is 1. The molecule has 1 aromatic carbocycles. The van der Waals surface area contributed by atoms with Gasteiger partial charge in [-0.25, -0.2) is 4.39 Å². The van der Waals surface area contributed by atoms with Crippen LogP contribution in [0.4, 0.5) is 10.1 Å². The van der Waals surface area contributed by atoms with Gasteiger partial charge in [-0.3, -0.25) is 4.79 Å². The van der Waals surface area contributed by atoms with Gasteiger partial charge in [0, 0.05) is 17.8 Å². The van der Waals surface area contributed by atoms with E-state index in [1.807, 2.05) is 18.4 Å². The zero-order valence-corrected chi connectivity index (χ0v) is 11.1. The molecule has 0 bridgehead atoms. The molecule has 2 N–H and O–H groups in total. The average Bonchev–Trinajstić information content (AvgIpc) is 2.64. The van der Waals surface area contributed by atoms with E-state index >= 15 is 0 Å². The molecule has 2 aromatic rings. The minimum Gasteiger partial charge on any atom is -0.397 e. The molecule has 0 amide bonds. The number of rotatable bonds is 4. The van der Waals surface area contributed by atoms with Gasteiger partial charge in [0.1, 0.15) is 11.5 Å². The van der Waals surface area contributed by atoms with E-state index in [0.717, 1.165) is 18.7 Å². The van der Waals surface area contributed by atoms with Crippen LogP contribution in [0, 0.1) is 12.7 Å². The molecule has 0 saturated carbocycles. The number of aromatic nitrogens is 1. The zero-order chi connectivity index (χ0) is 14.0. The van der Waals surface area contributed by atoms with E-state index in [4.69, 9.17) is 5.73 Å². The number of hydrogen-bond acceptors (Lipinski definition) is 2. The van der Waals surface area contributed by atoms with Gasteiger partial charge in [0.25, 0.3) is 0 Å². The van der Waals surface area contributed by atoms with Crippen molar-refractivity contribution in [2.24, 2.45) is 0 Å². The lowest BCUT2D eigenvalue weighted by Crippen LogP contribution is -2.13. The van der Waals surface area contributed by atoms with Gasteiger partial charge in [-0.1, -0.05) is 19.1 Å². The van der Waals surface area contributed by atoms with Crippen LogP contribution in [-0.4, -0.2) is 10.4 Å². The van der Waals surface area contributed by atoms with Crippen LogP contribution in [0.5, 0.6) is 0 Å². The fourth-order valence-electron chi connectivity index (χ4n) is 2.24. The van der Waals surface area contributed by atoms with Crippen LogP contribution in [0.25, 0.3) is 0 Å². The molecule has 0 unspecified atom stereocenters. The van der Waals surface area contributed by atoms with Gasteiger partial charge in [-0.05, 0) is 31.5 Å². The molecule has 0 fully saturated rings. The minimum absolute atomic E-state index is 0.237. The van der Waals surface area contributed by atoms with Crippen LogP contribution < -0.4 is 5.73 Å². The summed E-state index contributed by atoms with van der Waals surface area (Å²) in [5.74, 6) is -0.659. The first-order valence-corrected chi connectivity index (χ1v) is 6.30. The Kier molecular flexibility index (Phi) is 3.69. The molecule has 0 saturated heterocycles. The van der Waals surface area contributed by atoms with E-state index in [0.29, 0.717) is 16.9 Å². The summed E-state index contributed by atoms with van der Waals surface area (Å²) in [7, 11) is 0. The molecule has 0 spiro atoms. The zero-order valence-electron chi connectivity index (χ0n) is 11.1. The second-order valence-electron chi connectivity index (χ2n) is 4.58. The number of carbonyl (C=O) groups is 1. The molecule has 0 aliphatic carbocycles. The van der Waals surface area contributed by atoms with Gasteiger partial charge in [-0.2, -0.15) is 0 Å². The Labute approximate surface area is 111 Å². The molecule has 100 valence electrons. The number of ketones is 1. The maximum absolute atomic E-state index is 13.2. The lowest BCUT2D eigenvalue weighted by Gasteiger charge is -2.10. The first-order chi connectivity index (χ1) is 9.04. The highest BCUT2D eigenvalue weighted by molar-refractivity contribution is 6.11. The van der Waals surface area contributed by atoms with Crippen LogP contribution in [0.15, 0.2) is 30.3 Å². The quantitative estimate of drug-likeness (QED) is 0.858. The maximum atomic E-state index is 13.2. The summed E-state index contributed by atoms with van der Waals surface area (Å²) in [6.45, 7) is 4.67. The number of halogens is 1. The lowest BCUT2D eigenvalue weighted by atomic mass is 10.1. The second kappa shape index (κ2) is 5.26. The SMILES string of the molecule is CCCn1c(C)cc(N)c1C(=O)c1cccc(F)c1. The van der Waals surface area contributed by atoms with E-state index in [2.05, 4.69) is 0 Å². The fraction of sp³-hybridized carbons (Fsp3) is 0.267. The highest BCUT2D eigenvalue weighted by atomic mass is 19.1. The summed E-state index contributed by atoms with van der Waals surface area (Å²) in [6, 6.07) is 7.46. The number of anilines is 1. The van der Waals surface area contributed by atoms with Crippen molar-refractivity contribution in [2.45, 2.75) is 26.8 Å². The molecule has 19 heavy (non-hydrogen) atoms. The number of carbonyl (C=O) groups excluding carboxylic acids is 1. The molecule has 0 aliphatic heterocycles. The molecule has 0 radical (unpaired) electrons. The normalized spacial score (nSPS) is 10.7. The smallest absolute Gasteiger partial charge is 0.211 e. The van der Waals surface area contributed by atoms with Gasteiger partial charge in [-0.15, -0.1) is 0 Å². The highest BCUT2D eigenvalue weighted by Crippen LogP contribution is 2.22. The number of aryl methyl sites for hydroxylation is 1. The number of nitrogen functional groups attached to an aromatic ring is 1. The van der Waals surface area contributed by atoms with Crippen molar-refractivity contribution in [1.29, 1.82) is 0 Å². The monoisotopic (exact) mass is 260 g/mol. The lowest BCUT2D eigenvalue weighted by molar-refractivity contribution is 0.103.